The van der Waals surface area contributed by atoms with Gasteiger partial charge in [0.1, 0.15) is 10.7 Å². The lowest BCUT2D eigenvalue weighted by molar-refractivity contribution is -0.121. The molecule has 102 valence electrons. The normalized spacial score (nSPS) is 13.6. The van der Waals surface area contributed by atoms with E-state index in [1.165, 1.54) is 13.8 Å². The fraction of sp³-hybridized carbons (Fsp3) is 0.429. The molecule has 0 spiro atoms. The van der Waals surface area contributed by atoms with Gasteiger partial charge in [-0.15, -0.1) is 0 Å². The Labute approximate surface area is 114 Å². The first-order chi connectivity index (χ1) is 8.63. The first-order valence-electron chi connectivity index (χ1n) is 5.82. The Balaban J connectivity index is 3.32. The van der Waals surface area contributed by atoms with E-state index in [4.69, 9.17) is 0 Å². The third-order valence-electron chi connectivity index (χ3n) is 3.41. The van der Waals surface area contributed by atoms with Gasteiger partial charge in [-0.05, 0) is 31.9 Å². The van der Waals surface area contributed by atoms with Crippen LogP contribution in [0.15, 0.2) is 24.3 Å². The van der Waals surface area contributed by atoms with Crippen molar-refractivity contribution in [1.82, 2.24) is 0 Å². The molecule has 0 fully saturated rings. The van der Waals surface area contributed by atoms with Crippen LogP contribution in [0.5, 0.6) is 0 Å². The number of carbonyl (C=O) groups excluding carboxylic acids is 1. The lowest BCUT2D eigenvalue weighted by atomic mass is 9.87. The van der Waals surface area contributed by atoms with Crippen LogP contribution < -0.4 is 0 Å². The summed E-state index contributed by atoms with van der Waals surface area (Å²) >= 11 is 0. The summed E-state index contributed by atoms with van der Waals surface area (Å²) in [7, 11) is -3.58. The molecule has 5 heteroatoms. The van der Waals surface area contributed by atoms with E-state index in [1.54, 1.807) is 31.2 Å². The molecule has 19 heavy (non-hydrogen) atoms. The summed E-state index contributed by atoms with van der Waals surface area (Å²) in [5.74, 6) is -1.65. The highest BCUT2D eigenvalue weighted by atomic mass is 32.2. The number of nitriles is 1. The van der Waals surface area contributed by atoms with E-state index in [1.807, 2.05) is 6.07 Å². The van der Waals surface area contributed by atoms with E-state index in [2.05, 4.69) is 0 Å². The monoisotopic (exact) mass is 279 g/mol. The molecule has 0 N–H and O–H groups in total. The molecule has 0 aliphatic rings. The number of ketones is 1. The molecule has 1 aromatic rings. The van der Waals surface area contributed by atoms with Gasteiger partial charge in [0.25, 0.3) is 0 Å². The molecule has 1 unspecified atom stereocenters. The average molecular weight is 279 g/mol. The fourth-order valence-electron chi connectivity index (χ4n) is 1.71. The maximum Gasteiger partial charge on any atom is 0.175 e. The number of hydrogen-bond donors (Lipinski definition) is 0. The first-order valence-corrected chi connectivity index (χ1v) is 7.71. The number of aryl methyl sites for hydroxylation is 1. The Hall–Kier alpha value is -1.67. The Kier molecular flexibility index (Phi) is 4.16. The van der Waals surface area contributed by atoms with Crippen LogP contribution in [0.25, 0.3) is 0 Å². The number of benzene rings is 1. The van der Waals surface area contributed by atoms with Crippen LogP contribution in [0, 0.1) is 18.3 Å². The Morgan fingerprint density at radius 2 is 1.84 bits per heavy atom. The minimum atomic E-state index is -3.58. The second kappa shape index (κ2) is 5.14. The molecule has 1 aromatic carbocycles. The van der Waals surface area contributed by atoms with E-state index < -0.39 is 26.3 Å². The summed E-state index contributed by atoms with van der Waals surface area (Å²) in [5.41, 5.74) is 1.36. The van der Waals surface area contributed by atoms with Crippen molar-refractivity contribution in [3.63, 3.8) is 0 Å². The molecule has 0 radical (unpaired) electrons. The molecular weight excluding hydrogens is 262 g/mol. The summed E-state index contributed by atoms with van der Waals surface area (Å²) in [5, 5.41) is 9.24. The number of sulfone groups is 1. The molecule has 1 rings (SSSR count). The SMILES string of the molecule is Cc1ccccc1C(C#N)C(=O)C(C)(C)S(C)(=O)=O. The molecule has 4 nitrogen and oxygen atoms in total. The number of hydrogen-bond acceptors (Lipinski definition) is 4. The number of Topliss-reactive ketones (excluding diaryl/α,β-unsaturated/α-hetero) is 1. The maximum absolute atomic E-state index is 12.4. The number of nitrogens with zero attached hydrogens (tertiary/aromatic N) is 1. The minimum Gasteiger partial charge on any atom is -0.296 e. The predicted molar refractivity (Wildman–Crippen MR) is 73.5 cm³/mol. The van der Waals surface area contributed by atoms with Gasteiger partial charge in [0, 0.05) is 6.26 Å². The van der Waals surface area contributed by atoms with Crippen molar-refractivity contribution in [1.29, 1.82) is 5.26 Å². The van der Waals surface area contributed by atoms with Crippen LogP contribution in [0.2, 0.25) is 0 Å². The maximum atomic E-state index is 12.4. The molecule has 0 saturated carbocycles. The summed E-state index contributed by atoms with van der Waals surface area (Å²) < 4.78 is 21.8. The Morgan fingerprint density at radius 3 is 2.26 bits per heavy atom. The van der Waals surface area contributed by atoms with Crippen molar-refractivity contribution in [2.45, 2.75) is 31.4 Å². The quantitative estimate of drug-likeness (QED) is 0.844. The van der Waals surface area contributed by atoms with Crippen LogP contribution >= 0.6 is 0 Å². The van der Waals surface area contributed by atoms with Gasteiger partial charge in [0.2, 0.25) is 0 Å². The van der Waals surface area contributed by atoms with Crippen LogP contribution in [-0.4, -0.2) is 25.2 Å². The Morgan fingerprint density at radius 1 is 1.32 bits per heavy atom. The highest BCUT2D eigenvalue weighted by Crippen LogP contribution is 2.28. The van der Waals surface area contributed by atoms with Gasteiger partial charge in [-0.25, -0.2) is 8.42 Å². The largest absolute Gasteiger partial charge is 0.296 e. The van der Waals surface area contributed by atoms with Crippen molar-refractivity contribution in [3.05, 3.63) is 35.4 Å². The molecule has 0 bridgehead atoms. The standard InChI is InChI=1S/C14H17NO3S/c1-10-7-5-6-8-11(10)12(9-15)13(16)14(2,3)19(4,17)18/h5-8,12H,1-4H3. The lowest BCUT2D eigenvalue weighted by Crippen LogP contribution is -2.42. The molecule has 0 amide bonds. The lowest BCUT2D eigenvalue weighted by Gasteiger charge is -2.24. The van der Waals surface area contributed by atoms with E-state index in [0.717, 1.165) is 11.8 Å². The van der Waals surface area contributed by atoms with Crippen molar-refractivity contribution >= 4 is 15.6 Å². The van der Waals surface area contributed by atoms with Gasteiger partial charge in [-0.2, -0.15) is 5.26 Å². The molecule has 0 aliphatic heterocycles. The van der Waals surface area contributed by atoms with Crippen molar-refractivity contribution < 1.29 is 13.2 Å². The van der Waals surface area contributed by atoms with Crippen LogP contribution in [0.3, 0.4) is 0 Å². The Bertz CT molecular complexity index is 639. The van der Waals surface area contributed by atoms with Gasteiger partial charge in [0.05, 0.1) is 6.07 Å². The van der Waals surface area contributed by atoms with Crippen LogP contribution in [0.1, 0.15) is 30.9 Å². The van der Waals surface area contributed by atoms with Crippen LogP contribution in [-0.2, 0) is 14.6 Å². The minimum absolute atomic E-state index is 0.562. The molecule has 0 aromatic heterocycles. The third kappa shape index (κ3) is 2.85. The zero-order valence-electron chi connectivity index (χ0n) is 11.5. The molecule has 1 atom stereocenters. The second-order valence-corrected chi connectivity index (χ2v) is 7.63. The summed E-state index contributed by atoms with van der Waals surface area (Å²) in [6.45, 7) is 4.47. The predicted octanol–water partition coefficient (Wildman–Crippen LogP) is 1.99. The van der Waals surface area contributed by atoms with E-state index in [0.29, 0.717) is 5.56 Å². The van der Waals surface area contributed by atoms with E-state index in [9.17, 15) is 18.5 Å². The summed E-state index contributed by atoms with van der Waals surface area (Å²) in [6.07, 6.45) is 1.01. The number of rotatable bonds is 4. The van der Waals surface area contributed by atoms with Gasteiger partial charge in [0.15, 0.2) is 15.6 Å². The highest BCUT2D eigenvalue weighted by Gasteiger charge is 2.43. The van der Waals surface area contributed by atoms with Crippen molar-refractivity contribution in [3.8, 4) is 6.07 Å². The molecule has 0 aliphatic carbocycles. The second-order valence-electron chi connectivity index (χ2n) is 5.07. The summed E-state index contributed by atoms with van der Waals surface area (Å²) in [4.78, 5) is 12.4. The zero-order valence-corrected chi connectivity index (χ0v) is 12.3. The van der Waals surface area contributed by atoms with Crippen LogP contribution in [0.4, 0.5) is 0 Å². The molecular formula is C14H17NO3S. The zero-order chi connectivity index (χ0) is 14.8. The smallest absolute Gasteiger partial charge is 0.175 e. The van der Waals surface area contributed by atoms with Crippen molar-refractivity contribution in [2.24, 2.45) is 0 Å². The number of carbonyl (C=O) groups is 1. The van der Waals surface area contributed by atoms with Gasteiger partial charge in [-0.1, -0.05) is 24.3 Å². The first kappa shape index (κ1) is 15.4. The van der Waals surface area contributed by atoms with Gasteiger partial charge in [-0.3, -0.25) is 4.79 Å². The molecule has 0 heterocycles. The summed E-state index contributed by atoms with van der Waals surface area (Å²) in [6, 6.07) is 8.93. The third-order valence-corrected chi connectivity index (χ3v) is 5.47. The fourth-order valence-corrected chi connectivity index (χ4v) is 2.19. The molecule has 0 saturated heterocycles. The van der Waals surface area contributed by atoms with E-state index >= 15 is 0 Å². The van der Waals surface area contributed by atoms with Gasteiger partial charge >= 0.3 is 0 Å². The topological polar surface area (TPSA) is 75.0 Å². The van der Waals surface area contributed by atoms with Gasteiger partial charge < -0.3 is 0 Å². The average Bonchev–Trinajstić information content (AvgIpc) is 2.30. The highest BCUT2D eigenvalue weighted by molar-refractivity contribution is 7.92. The van der Waals surface area contributed by atoms with Crippen molar-refractivity contribution in [2.75, 3.05) is 6.26 Å². The van der Waals surface area contributed by atoms with E-state index in [-0.39, 0.29) is 0 Å².